The minimum absolute atomic E-state index is 0.143. The van der Waals surface area contributed by atoms with Gasteiger partial charge < -0.3 is 20.3 Å². The van der Waals surface area contributed by atoms with Crippen molar-refractivity contribution >= 4 is 34.6 Å². The Kier molecular flexibility index (Phi) is 6.45. The highest BCUT2D eigenvalue weighted by Crippen LogP contribution is 2.31. The van der Waals surface area contributed by atoms with Gasteiger partial charge in [-0.05, 0) is 62.1 Å². The Bertz CT molecular complexity index is 787. The molecule has 6 heteroatoms. The fraction of sp³-hybridized carbons (Fsp3) is 0.381. The number of carbonyl (C=O) groups excluding carboxylic acids is 1. The van der Waals surface area contributed by atoms with Gasteiger partial charge in [-0.15, -0.1) is 0 Å². The van der Waals surface area contributed by atoms with Crippen molar-refractivity contribution < 1.29 is 9.53 Å². The van der Waals surface area contributed by atoms with Gasteiger partial charge in [-0.2, -0.15) is 0 Å². The molecular formula is C21H26ClN3O2. The summed E-state index contributed by atoms with van der Waals surface area (Å²) < 4.78 is 5.29. The maximum absolute atomic E-state index is 12.3. The van der Waals surface area contributed by atoms with Crippen LogP contribution in [-0.4, -0.2) is 32.7 Å². The second kappa shape index (κ2) is 9.00. The van der Waals surface area contributed by atoms with E-state index in [1.54, 1.807) is 13.2 Å². The summed E-state index contributed by atoms with van der Waals surface area (Å²) in [6, 6.07) is 11.8. The molecule has 0 bridgehead atoms. The van der Waals surface area contributed by atoms with E-state index in [9.17, 15) is 4.79 Å². The summed E-state index contributed by atoms with van der Waals surface area (Å²) in [6.45, 7) is 4.31. The number of amides is 1. The average Bonchev–Trinajstić information content (AvgIpc) is 2.70. The highest BCUT2D eigenvalue weighted by molar-refractivity contribution is 6.31. The largest absolute Gasteiger partial charge is 0.495 e. The van der Waals surface area contributed by atoms with Crippen LogP contribution in [0.1, 0.15) is 24.8 Å². The topological polar surface area (TPSA) is 53.6 Å². The predicted octanol–water partition coefficient (Wildman–Crippen LogP) is 4.70. The van der Waals surface area contributed by atoms with Crippen molar-refractivity contribution in [3.8, 4) is 5.75 Å². The molecule has 5 nitrogen and oxygen atoms in total. The lowest BCUT2D eigenvalue weighted by molar-refractivity contribution is -0.114. The number of aryl methyl sites for hydroxylation is 1. The summed E-state index contributed by atoms with van der Waals surface area (Å²) in [5.41, 5.74) is 3.66. The van der Waals surface area contributed by atoms with E-state index >= 15 is 0 Å². The third-order valence-electron chi connectivity index (χ3n) is 4.80. The van der Waals surface area contributed by atoms with Crippen LogP contribution in [0.5, 0.6) is 5.75 Å². The molecule has 1 heterocycles. The standard InChI is InChI=1S/C21H26ClN3O2/c1-15-12-19(20(27-2)13-18(15)22)24-21(26)14-23-16-6-8-17(9-7-16)25-10-4-3-5-11-25/h6-9,12-13,23H,3-5,10-11,14H2,1-2H3,(H,24,26). The Morgan fingerprint density at radius 2 is 1.85 bits per heavy atom. The van der Waals surface area contributed by atoms with E-state index in [-0.39, 0.29) is 12.5 Å². The number of piperidine rings is 1. The molecule has 2 aromatic rings. The Hall–Kier alpha value is -2.40. The molecule has 1 amide bonds. The molecule has 144 valence electrons. The molecule has 0 radical (unpaired) electrons. The highest BCUT2D eigenvalue weighted by Gasteiger charge is 2.12. The number of rotatable bonds is 6. The lowest BCUT2D eigenvalue weighted by Crippen LogP contribution is -2.29. The summed E-state index contributed by atoms with van der Waals surface area (Å²) in [6.07, 6.45) is 3.84. The minimum atomic E-state index is -0.143. The number of methoxy groups -OCH3 is 1. The Morgan fingerprint density at radius 1 is 1.15 bits per heavy atom. The van der Waals surface area contributed by atoms with Crippen molar-refractivity contribution in [3.05, 3.63) is 47.0 Å². The van der Waals surface area contributed by atoms with Crippen molar-refractivity contribution in [2.45, 2.75) is 26.2 Å². The molecule has 0 aliphatic carbocycles. The molecule has 0 aromatic heterocycles. The fourth-order valence-electron chi connectivity index (χ4n) is 3.25. The van der Waals surface area contributed by atoms with Crippen LogP contribution in [0.15, 0.2) is 36.4 Å². The van der Waals surface area contributed by atoms with Crippen LogP contribution in [0.2, 0.25) is 5.02 Å². The van der Waals surface area contributed by atoms with E-state index in [2.05, 4.69) is 27.7 Å². The summed E-state index contributed by atoms with van der Waals surface area (Å²) in [7, 11) is 1.55. The van der Waals surface area contributed by atoms with Gasteiger partial charge in [0.2, 0.25) is 5.91 Å². The van der Waals surface area contributed by atoms with Gasteiger partial charge in [0.15, 0.2) is 0 Å². The number of hydrogen-bond acceptors (Lipinski definition) is 4. The SMILES string of the molecule is COc1cc(Cl)c(C)cc1NC(=O)CNc1ccc(N2CCCCC2)cc1. The van der Waals surface area contributed by atoms with Crippen molar-refractivity contribution in [2.24, 2.45) is 0 Å². The first-order chi connectivity index (χ1) is 13.1. The van der Waals surface area contributed by atoms with E-state index in [4.69, 9.17) is 16.3 Å². The number of hydrogen-bond donors (Lipinski definition) is 2. The van der Waals surface area contributed by atoms with Crippen LogP contribution in [0, 0.1) is 6.92 Å². The number of nitrogens with one attached hydrogen (secondary N) is 2. The lowest BCUT2D eigenvalue weighted by Gasteiger charge is -2.28. The maximum atomic E-state index is 12.3. The Morgan fingerprint density at radius 3 is 2.52 bits per heavy atom. The third-order valence-corrected chi connectivity index (χ3v) is 5.20. The maximum Gasteiger partial charge on any atom is 0.243 e. The van der Waals surface area contributed by atoms with Crippen LogP contribution < -0.4 is 20.3 Å². The van der Waals surface area contributed by atoms with Gasteiger partial charge >= 0.3 is 0 Å². The molecule has 0 atom stereocenters. The molecule has 1 aliphatic heterocycles. The quantitative estimate of drug-likeness (QED) is 0.754. The second-order valence-electron chi connectivity index (χ2n) is 6.80. The molecule has 1 fully saturated rings. The summed E-state index contributed by atoms with van der Waals surface area (Å²) in [5, 5.41) is 6.64. The zero-order valence-corrected chi connectivity index (χ0v) is 16.6. The highest BCUT2D eigenvalue weighted by atomic mass is 35.5. The molecule has 0 unspecified atom stereocenters. The first kappa shape index (κ1) is 19.4. The zero-order valence-electron chi connectivity index (χ0n) is 15.8. The lowest BCUT2D eigenvalue weighted by atomic mass is 10.1. The first-order valence-corrected chi connectivity index (χ1v) is 9.67. The van der Waals surface area contributed by atoms with Gasteiger partial charge in [-0.1, -0.05) is 11.6 Å². The van der Waals surface area contributed by atoms with Crippen molar-refractivity contribution in [1.82, 2.24) is 0 Å². The van der Waals surface area contributed by atoms with Gasteiger partial charge in [0.05, 0.1) is 19.3 Å². The van der Waals surface area contributed by atoms with E-state index in [0.29, 0.717) is 16.5 Å². The van der Waals surface area contributed by atoms with Crippen molar-refractivity contribution in [1.29, 1.82) is 0 Å². The zero-order chi connectivity index (χ0) is 19.2. The van der Waals surface area contributed by atoms with Gasteiger partial charge in [0.25, 0.3) is 0 Å². The van der Waals surface area contributed by atoms with Crippen molar-refractivity contribution in [3.63, 3.8) is 0 Å². The van der Waals surface area contributed by atoms with Crippen LogP contribution in [0.25, 0.3) is 0 Å². The predicted molar refractivity (Wildman–Crippen MR) is 112 cm³/mol. The number of halogens is 1. The monoisotopic (exact) mass is 387 g/mol. The molecule has 2 N–H and O–H groups in total. The molecule has 27 heavy (non-hydrogen) atoms. The molecule has 3 rings (SSSR count). The Balaban J connectivity index is 1.55. The van der Waals surface area contributed by atoms with Gasteiger partial charge in [-0.25, -0.2) is 0 Å². The minimum Gasteiger partial charge on any atom is -0.495 e. The average molecular weight is 388 g/mol. The van der Waals surface area contributed by atoms with Crippen LogP contribution >= 0.6 is 11.6 Å². The van der Waals surface area contributed by atoms with Crippen LogP contribution in [0.4, 0.5) is 17.1 Å². The van der Waals surface area contributed by atoms with Gasteiger partial charge in [0, 0.05) is 35.6 Å². The fourth-order valence-corrected chi connectivity index (χ4v) is 3.40. The van der Waals surface area contributed by atoms with E-state index < -0.39 is 0 Å². The van der Waals surface area contributed by atoms with E-state index in [1.807, 2.05) is 25.1 Å². The van der Waals surface area contributed by atoms with Crippen LogP contribution in [0.3, 0.4) is 0 Å². The van der Waals surface area contributed by atoms with Crippen molar-refractivity contribution in [2.75, 3.05) is 42.3 Å². The Labute approximate surface area is 165 Å². The molecule has 1 saturated heterocycles. The van der Waals surface area contributed by atoms with Gasteiger partial charge in [-0.3, -0.25) is 4.79 Å². The summed E-state index contributed by atoms with van der Waals surface area (Å²) in [5.74, 6) is 0.403. The number of benzene rings is 2. The number of nitrogens with zero attached hydrogens (tertiary/aromatic N) is 1. The number of carbonyl (C=O) groups is 1. The third kappa shape index (κ3) is 5.07. The number of anilines is 3. The smallest absolute Gasteiger partial charge is 0.243 e. The van der Waals surface area contributed by atoms with Gasteiger partial charge in [0.1, 0.15) is 5.75 Å². The first-order valence-electron chi connectivity index (χ1n) is 9.29. The van der Waals surface area contributed by atoms with E-state index in [0.717, 1.165) is 24.3 Å². The second-order valence-corrected chi connectivity index (χ2v) is 7.21. The normalized spacial score (nSPS) is 14.0. The van der Waals surface area contributed by atoms with Crippen LogP contribution in [-0.2, 0) is 4.79 Å². The summed E-state index contributed by atoms with van der Waals surface area (Å²) >= 11 is 6.10. The molecule has 0 saturated carbocycles. The van der Waals surface area contributed by atoms with E-state index in [1.165, 1.54) is 24.9 Å². The number of ether oxygens (including phenoxy) is 1. The molecule has 2 aromatic carbocycles. The summed E-state index contributed by atoms with van der Waals surface area (Å²) in [4.78, 5) is 14.7. The molecular weight excluding hydrogens is 362 g/mol. The molecule has 0 spiro atoms. The molecule has 1 aliphatic rings.